The lowest BCUT2D eigenvalue weighted by Gasteiger charge is -2.14. The van der Waals surface area contributed by atoms with Crippen molar-refractivity contribution in [2.45, 2.75) is 25.2 Å². The molecule has 68 valence electrons. The summed E-state index contributed by atoms with van der Waals surface area (Å²) in [5.41, 5.74) is 0. The molecule has 0 fully saturated rings. The monoisotopic (exact) mass is 290 g/mol. The van der Waals surface area contributed by atoms with Gasteiger partial charge in [-0.2, -0.15) is 11.8 Å². The summed E-state index contributed by atoms with van der Waals surface area (Å²) in [7, 11) is 0. The Morgan fingerprint density at radius 3 is 2.36 bits per heavy atom. The van der Waals surface area contributed by atoms with E-state index < -0.39 is 0 Å². The lowest BCUT2D eigenvalue weighted by molar-refractivity contribution is 0.0755. The van der Waals surface area contributed by atoms with Gasteiger partial charge in [-0.25, -0.2) is 0 Å². The number of hydrogen-bond donors (Lipinski definition) is 0. The highest BCUT2D eigenvalue weighted by molar-refractivity contribution is 14.1. The molecule has 4 heteroatoms. The molecule has 0 radical (unpaired) electrons. The topological polar surface area (TPSA) is 18.5 Å². The van der Waals surface area contributed by atoms with Gasteiger partial charge >= 0.3 is 0 Å². The maximum absolute atomic E-state index is 5.44. The van der Waals surface area contributed by atoms with Crippen LogP contribution in [0.4, 0.5) is 0 Å². The standard InChI is InChI=1S/C7H15IO2S/c1-6(2)9-4-7(11-3)5-10-8/h6-7H,4-5H2,1-3H3. The van der Waals surface area contributed by atoms with Crippen molar-refractivity contribution < 1.29 is 7.80 Å². The van der Waals surface area contributed by atoms with Gasteiger partial charge in [0.05, 0.1) is 24.6 Å². The summed E-state index contributed by atoms with van der Waals surface area (Å²) in [6, 6.07) is 0. The maximum Gasteiger partial charge on any atom is 0.109 e. The Morgan fingerprint density at radius 2 is 2.00 bits per heavy atom. The zero-order chi connectivity index (χ0) is 8.69. The fourth-order valence-electron chi connectivity index (χ4n) is 0.554. The average Bonchev–Trinajstić information content (AvgIpc) is 1.97. The Bertz CT molecular complexity index is 90.5. The van der Waals surface area contributed by atoms with Gasteiger partial charge in [-0.1, -0.05) is 0 Å². The van der Waals surface area contributed by atoms with E-state index in [2.05, 4.69) is 6.26 Å². The van der Waals surface area contributed by atoms with Crippen molar-refractivity contribution in [3.63, 3.8) is 0 Å². The van der Waals surface area contributed by atoms with Gasteiger partial charge in [0.1, 0.15) is 23.0 Å². The van der Waals surface area contributed by atoms with E-state index in [1.165, 1.54) is 0 Å². The third-order valence-corrected chi connectivity index (χ3v) is 2.50. The molecular weight excluding hydrogens is 275 g/mol. The minimum Gasteiger partial charge on any atom is -0.378 e. The first-order chi connectivity index (χ1) is 5.20. The van der Waals surface area contributed by atoms with Gasteiger partial charge in [0.25, 0.3) is 0 Å². The van der Waals surface area contributed by atoms with Crippen LogP contribution in [0.15, 0.2) is 0 Å². The van der Waals surface area contributed by atoms with Gasteiger partial charge in [-0.05, 0) is 20.1 Å². The molecule has 0 N–H and O–H groups in total. The van der Waals surface area contributed by atoms with Crippen LogP contribution in [0.25, 0.3) is 0 Å². The molecule has 0 aromatic rings. The van der Waals surface area contributed by atoms with Crippen LogP contribution in [0.3, 0.4) is 0 Å². The molecule has 1 unspecified atom stereocenters. The molecule has 0 saturated carbocycles. The van der Waals surface area contributed by atoms with E-state index >= 15 is 0 Å². The molecule has 0 rings (SSSR count). The van der Waals surface area contributed by atoms with Crippen molar-refractivity contribution in [3.05, 3.63) is 0 Å². The molecule has 0 saturated heterocycles. The minimum absolute atomic E-state index is 0.318. The number of hydrogen-bond acceptors (Lipinski definition) is 3. The smallest absolute Gasteiger partial charge is 0.109 e. The molecule has 1 atom stereocenters. The molecule has 2 nitrogen and oxygen atoms in total. The van der Waals surface area contributed by atoms with Crippen molar-refractivity contribution in [2.75, 3.05) is 19.5 Å². The summed E-state index contributed by atoms with van der Waals surface area (Å²) in [6.07, 6.45) is 2.39. The van der Waals surface area contributed by atoms with Gasteiger partial charge in [0.15, 0.2) is 0 Å². The molecule has 0 aromatic carbocycles. The number of thioether (sulfide) groups is 1. The zero-order valence-electron chi connectivity index (χ0n) is 7.17. The van der Waals surface area contributed by atoms with Gasteiger partial charge in [-0.3, -0.25) is 0 Å². The molecule has 0 bridgehead atoms. The molecule has 0 spiro atoms. The second kappa shape index (κ2) is 7.64. The highest BCUT2D eigenvalue weighted by atomic mass is 127. The van der Waals surface area contributed by atoms with E-state index in [0.29, 0.717) is 11.4 Å². The maximum atomic E-state index is 5.44. The highest BCUT2D eigenvalue weighted by Crippen LogP contribution is 2.09. The second-order valence-electron chi connectivity index (χ2n) is 2.52. The molecule has 0 heterocycles. The van der Waals surface area contributed by atoms with E-state index in [1.807, 2.05) is 36.9 Å². The van der Waals surface area contributed by atoms with Crippen molar-refractivity contribution >= 4 is 34.8 Å². The molecule has 0 aliphatic carbocycles. The van der Waals surface area contributed by atoms with Gasteiger partial charge in [0, 0.05) is 0 Å². The Labute approximate surface area is 87.1 Å². The predicted molar refractivity (Wildman–Crippen MR) is 58.4 cm³/mol. The lowest BCUT2D eigenvalue weighted by Crippen LogP contribution is -2.19. The minimum atomic E-state index is 0.318. The van der Waals surface area contributed by atoms with Crippen molar-refractivity contribution in [1.82, 2.24) is 0 Å². The van der Waals surface area contributed by atoms with E-state index in [0.717, 1.165) is 13.2 Å². The van der Waals surface area contributed by atoms with E-state index in [9.17, 15) is 0 Å². The van der Waals surface area contributed by atoms with Crippen molar-refractivity contribution in [3.8, 4) is 0 Å². The predicted octanol–water partition coefficient (Wildman–Crippen LogP) is 2.51. The quantitative estimate of drug-likeness (QED) is 0.700. The number of ether oxygens (including phenoxy) is 1. The van der Waals surface area contributed by atoms with E-state index in [4.69, 9.17) is 7.80 Å². The van der Waals surface area contributed by atoms with Crippen LogP contribution in [-0.4, -0.2) is 30.8 Å². The highest BCUT2D eigenvalue weighted by Gasteiger charge is 2.07. The third-order valence-electron chi connectivity index (χ3n) is 1.20. The molecular formula is C7H15IO2S. The van der Waals surface area contributed by atoms with Gasteiger partial charge < -0.3 is 7.80 Å². The van der Waals surface area contributed by atoms with Gasteiger partial charge in [-0.15, -0.1) is 0 Å². The molecule has 11 heavy (non-hydrogen) atoms. The van der Waals surface area contributed by atoms with Crippen molar-refractivity contribution in [2.24, 2.45) is 0 Å². The Balaban J connectivity index is 3.35. The third kappa shape index (κ3) is 7.36. The fraction of sp³-hybridized carbons (Fsp3) is 1.00. The van der Waals surface area contributed by atoms with Crippen LogP contribution in [0.5, 0.6) is 0 Å². The van der Waals surface area contributed by atoms with Crippen LogP contribution >= 0.6 is 34.8 Å². The summed E-state index contributed by atoms with van der Waals surface area (Å²) in [5.74, 6) is 0. The average molecular weight is 290 g/mol. The summed E-state index contributed by atoms with van der Waals surface area (Å²) < 4.78 is 10.4. The summed E-state index contributed by atoms with van der Waals surface area (Å²) in [5, 5.41) is 0.467. The first-order valence-electron chi connectivity index (χ1n) is 3.58. The zero-order valence-corrected chi connectivity index (χ0v) is 10.1. The van der Waals surface area contributed by atoms with Crippen molar-refractivity contribution in [1.29, 1.82) is 0 Å². The van der Waals surface area contributed by atoms with Crippen LogP contribution in [0, 0.1) is 0 Å². The first-order valence-corrected chi connectivity index (χ1v) is 5.75. The van der Waals surface area contributed by atoms with Crippen LogP contribution in [0.1, 0.15) is 13.8 Å². The van der Waals surface area contributed by atoms with Crippen LogP contribution in [0.2, 0.25) is 0 Å². The number of halogens is 1. The van der Waals surface area contributed by atoms with E-state index in [-0.39, 0.29) is 0 Å². The Hall–Kier alpha value is 1.00. The molecule has 0 aromatic heterocycles. The fourth-order valence-corrected chi connectivity index (χ4v) is 1.65. The first kappa shape index (κ1) is 12.0. The number of rotatable bonds is 6. The summed E-state index contributed by atoms with van der Waals surface area (Å²) in [4.78, 5) is 0. The second-order valence-corrected chi connectivity index (χ2v) is 4.28. The van der Waals surface area contributed by atoms with E-state index in [1.54, 1.807) is 11.8 Å². The molecule has 0 aliphatic rings. The Morgan fingerprint density at radius 1 is 1.36 bits per heavy atom. The van der Waals surface area contributed by atoms with Crippen LogP contribution < -0.4 is 0 Å². The largest absolute Gasteiger partial charge is 0.378 e. The Kier molecular flexibility index (Phi) is 8.33. The molecule has 0 amide bonds. The molecule has 0 aliphatic heterocycles. The normalized spacial score (nSPS) is 13.9. The lowest BCUT2D eigenvalue weighted by atomic mass is 10.4. The SMILES string of the molecule is CSC(COI)COC(C)C. The summed E-state index contributed by atoms with van der Waals surface area (Å²) >= 11 is 3.70. The van der Waals surface area contributed by atoms with Gasteiger partial charge in [0.2, 0.25) is 0 Å². The summed E-state index contributed by atoms with van der Waals surface area (Å²) in [6.45, 7) is 5.63. The van der Waals surface area contributed by atoms with Crippen LogP contribution in [-0.2, 0) is 7.80 Å².